The SMILES string of the molecule is CCOC(=O)NC(=O)COc1ccc(F)cc1Br. The predicted molar refractivity (Wildman–Crippen MR) is 64.8 cm³/mol. The number of hydrogen-bond donors (Lipinski definition) is 1. The average molecular weight is 320 g/mol. The Hall–Kier alpha value is -1.63. The number of halogens is 2. The summed E-state index contributed by atoms with van der Waals surface area (Å²) < 4.78 is 22.8. The Morgan fingerprint density at radius 1 is 1.44 bits per heavy atom. The minimum Gasteiger partial charge on any atom is -0.483 e. The van der Waals surface area contributed by atoms with E-state index in [2.05, 4.69) is 20.7 Å². The molecule has 0 aliphatic heterocycles. The van der Waals surface area contributed by atoms with Gasteiger partial charge in [0, 0.05) is 0 Å². The molecule has 0 radical (unpaired) electrons. The van der Waals surface area contributed by atoms with Crippen molar-refractivity contribution in [1.29, 1.82) is 0 Å². The van der Waals surface area contributed by atoms with Crippen LogP contribution in [-0.4, -0.2) is 25.2 Å². The van der Waals surface area contributed by atoms with Crippen LogP contribution in [0.3, 0.4) is 0 Å². The summed E-state index contributed by atoms with van der Waals surface area (Å²) in [4.78, 5) is 22.2. The number of hydrogen-bond acceptors (Lipinski definition) is 4. The van der Waals surface area contributed by atoms with E-state index in [4.69, 9.17) is 4.74 Å². The maximum atomic E-state index is 12.8. The van der Waals surface area contributed by atoms with Gasteiger partial charge in [0.2, 0.25) is 0 Å². The van der Waals surface area contributed by atoms with Crippen LogP contribution in [0.25, 0.3) is 0 Å². The number of benzene rings is 1. The third-order valence-electron chi connectivity index (χ3n) is 1.77. The molecule has 5 nitrogen and oxygen atoms in total. The summed E-state index contributed by atoms with van der Waals surface area (Å²) in [6.45, 7) is 1.42. The average Bonchev–Trinajstić information content (AvgIpc) is 2.28. The molecule has 0 heterocycles. The zero-order valence-electron chi connectivity index (χ0n) is 9.54. The lowest BCUT2D eigenvalue weighted by Gasteiger charge is -2.08. The van der Waals surface area contributed by atoms with Gasteiger partial charge in [0.25, 0.3) is 5.91 Å². The topological polar surface area (TPSA) is 64.6 Å². The second-order valence-electron chi connectivity index (χ2n) is 3.13. The molecule has 18 heavy (non-hydrogen) atoms. The smallest absolute Gasteiger partial charge is 0.413 e. The van der Waals surface area contributed by atoms with Crippen molar-refractivity contribution >= 4 is 27.9 Å². The van der Waals surface area contributed by atoms with Crippen molar-refractivity contribution in [3.63, 3.8) is 0 Å². The molecule has 0 bridgehead atoms. The van der Waals surface area contributed by atoms with Gasteiger partial charge in [0.15, 0.2) is 6.61 Å². The van der Waals surface area contributed by atoms with E-state index in [1.807, 2.05) is 5.32 Å². The van der Waals surface area contributed by atoms with Gasteiger partial charge in [0.1, 0.15) is 11.6 Å². The van der Waals surface area contributed by atoms with Crippen LogP contribution >= 0.6 is 15.9 Å². The minimum atomic E-state index is -0.829. The summed E-state index contributed by atoms with van der Waals surface area (Å²) in [6, 6.07) is 3.78. The molecule has 0 saturated heterocycles. The second kappa shape index (κ2) is 6.95. The van der Waals surface area contributed by atoms with E-state index in [0.717, 1.165) is 0 Å². The third-order valence-corrected chi connectivity index (χ3v) is 2.39. The fourth-order valence-electron chi connectivity index (χ4n) is 1.05. The third kappa shape index (κ3) is 4.70. The van der Waals surface area contributed by atoms with Gasteiger partial charge in [-0.1, -0.05) is 0 Å². The van der Waals surface area contributed by atoms with Crippen LogP contribution in [0.15, 0.2) is 22.7 Å². The molecule has 0 saturated carbocycles. The van der Waals surface area contributed by atoms with E-state index in [1.54, 1.807) is 6.92 Å². The molecule has 1 rings (SSSR count). The summed E-state index contributed by atoms with van der Waals surface area (Å²) in [6.07, 6.45) is -0.829. The van der Waals surface area contributed by atoms with Crippen molar-refractivity contribution in [3.05, 3.63) is 28.5 Å². The van der Waals surface area contributed by atoms with Gasteiger partial charge >= 0.3 is 6.09 Å². The van der Waals surface area contributed by atoms with Crippen molar-refractivity contribution in [2.24, 2.45) is 0 Å². The van der Waals surface area contributed by atoms with Gasteiger partial charge in [-0.3, -0.25) is 10.1 Å². The summed E-state index contributed by atoms with van der Waals surface area (Å²) in [5, 5.41) is 1.97. The first-order valence-electron chi connectivity index (χ1n) is 5.07. The highest BCUT2D eigenvalue weighted by Gasteiger charge is 2.10. The normalized spacial score (nSPS) is 9.72. The second-order valence-corrected chi connectivity index (χ2v) is 3.99. The van der Waals surface area contributed by atoms with E-state index in [1.165, 1.54) is 18.2 Å². The van der Waals surface area contributed by atoms with Crippen LogP contribution in [0, 0.1) is 5.82 Å². The van der Waals surface area contributed by atoms with Gasteiger partial charge in [-0.15, -0.1) is 0 Å². The summed E-state index contributed by atoms with van der Waals surface area (Å²) >= 11 is 3.08. The van der Waals surface area contributed by atoms with Crippen LogP contribution in [0.5, 0.6) is 5.75 Å². The lowest BCUT2D eigenvalue weighted by molar-refractivity contribution is -0.122. The lowest BCUT2D eigenvalue weighted by Crippen LogP contribution is -2.34. The van der Waals surface area contributed by atoms with Crippen LogP contribution in [0.2, 0.25) is 0 Å². The molecule has 0 fully saturated rings. The molecule has 7 heteroatoms. The summed E-state index contributed by atoms with van der Waals surface area (Å²) in [5.74, 6) is -0.773. The lowest BCUT2D eigenvalue weighted by atomic mass is 10.3. The first-order valence-corrected chi connectivity index (χ1v) is 5.86. The zero-order chi connectivity index (χ0) is 13.5. The Balaban J connectivity index is 2.45. The van der Waals surface area contributed by atoms with E-state index >= 15 is 0 Å². The molecular formula is C11H11BrFNO4. The molecule has 0 aromatic heterocycles. The van der Waals surface area contributed by atoms with Gasteiger partial charge < -0.3 is 9.47 Å². The van der Waals surface area contributed by atoms with Crippen molar-refractivity contribution < 1.29 is 23.5 Å². The van der Waals surface area contributed by atoms with Crippen molar-refractivity contribution in [3.8, 4) is 5.75 Å². The molecule has 0 atom stereocenters. The summed E-state index contributed by atoms with van der Waals surface area (Å²) in [7, 11) is 0. The molecule has 1 N–H and O–H groups in total. The molecule has 0 aliphatic carbocycles. The zero-order valence-corrected chi connectivity index (χ0v) is 11.1. The van der Waals surface area contributed by atoms with E-state index < -0.39 is 17.8 Å². The molecule has 0 aliphatic rings. The number of ether oxygens (including phenoxy) is 2. The fraction of sp³-hybridized carbons (Fsp3) is 0.273. The monoisotopic (exact) mass is 319 g/mol. The van der Waals surface area contributed by atoms with Crippen LogP contribution < -0.4 is 10.1 Å². The largest absolute Gasteiger partial charge is 0.483 e. The van der Waals surface area contributed by atoms with Gasteiger partial charge in [-0.2, -0.15) is 0 Å². The number of carbonyl (C=O) groups excluding carboxylic acids is 2. The molecule has 98 valence electrons. The summed E-state index contributed by atoms with van der Waals surface area (Å²) in [5.41, 5.74) is 0. The number of rotatable bonds is 4. The Labute approximate surface area is 111 Å². The first-order chi connectivity index (χ1) is 8.52. The van der Waals surface area contributed by atoms with E-state index in [9.17, 15) is 14.0 Å². The maximum Gasteiger partial charge on any atom is 0.413 e. The van der Waals surface area contributed by atoms with Gasteiger partial charge in [-0.25, -0.2) is 9.18 Å². The Morgan fingerprint density at radius 3 is 2.78 bits per heavy atom. The highest BCUT2D eigenvalue weighted by atomic mass is 79.9. The number of amides is 2. The Morgan fingerprint density at radius 2 is 2.17 bits per heavy atom. The van der Waals surface area contributed by atoms with Crippen LogP contribution in [-0.2, 0) is 9.53 Å². The Kier molecular flexibility index (Phi) is 5.57. The molecule has 2 amide bonds. The highest BCUT2D eigenvalue weighted by molar-refractivity contribution is 9.10. The molecule has 0 unspecified atom stereocenters. The molecule has 0 spiro atoms. The van der Waals surface area contributed by atoms with Crippen molar-refractivity contribution in [2.75, 3.05) is 13.2 Å². The number of alkyl carbamates (subject to hydrolysis) is 1. The molecule has 1 aromatic rings. The number of nitrogens with one attached hydrogen (secondary N) is 1. The molecular weight excluding hydrogens is 309 g/mol. The van der Waals surface area contributed by atoms with Crippen molar-refractivity contribution in [1.82, 2.24) is 5.32 Å². The van der Waals surface area contributed by atoms with E-state index in [0.29, 0.717) is 10.2 Å². The minimum absolute atomic E-state index is 0.170. The number of imide groups is 1. The fourth-order valence-corrected chi connectivity index (χ4v) is 1.52. The van der Waals surface area contributed by atoms with Gasteiger partial charge in [0.05, 0.1) is 11.1 Å². The highest BCUT2D eigenvalue weighted by Crippen LogP contribution is 2.25. The van der Waals surface area contributed by atoms with E-state index in [-0.39, 0.29) is 13.2 Å². The quantitative estimate of drug-likeness (QED) is 0.924. The number of carbonyl (C=O) groups is 2. The first kappa shape index (κ1) is 14.4. The van der Waals surface area contributed by atoms with Crippen molar-refractivity contribution in [2.45, 2.75) is 6.92 Å². The predicted octanol–water partition coefficient (Wildman–Crippen LogP) is 2.24. The Bertz CT molecular complexity index is 453. The van der Waals surface area contributed by atoms with Gasteiger partial charge in [-0.05, 0) is 41.1 Å². The molecule has 1 aromatic carbocycles. The standard InChI is InChI=1S/C11H11BrFNO4/c1-2-17-11(16)14-10(15)6-18-9-4-3-7(13)5-8(9)12/h3-5H,2,6H2,1H3,(H,14,15,16). The maximum absolute atomic E-state index is 12.8. The van der Waals surface area contributed by atoms with Crippen LogP contribution in [0.4, 0.5) is 9.18 Å². The van der Waals surface area contributed by atoms with Crippen LogP contribution in [0.1, 0.15) is 6.92 Å².